The van der Waals surface area contributed by atoms with Crippen LogP contribution in [0.4, 0.5) is 0 Å². The highest BCUT2D eigenvalue weighted by atomic mass is 127. The zero-order valence-corrected chi connectivity index (χ0v) is 13.4. The number of alkyl halides is 1. The highest BCUT2D eigenvalue weighted by molar-refractivity contribution is 14.1. The molecule has 19 heavy (non-hydrogen) atoms. The van der Waals surface area contributed by atoms with Crippen LogP contribution >= 0.6 is 22.6 Å². The maximum atomic E-state index is 5.32. The van der Waals surface area contributed by atoms with Crippen molar-refractivity contribution < 1.29 is 23.7 Å². The number of hydrogen-bond acceptors (Lipinski definition) is 5. The number of terminal acetylenes is 1. The lowest BCUT2D eigenvalue weighted by Gasteiger charge is -2.07. The molecule has 6 heteroatoms. The van der Waals surface area contributed by atoms with Crippen molar-refractivity contribution in [2.45, 2.75) is 0 Å². The van der Waals surface area contributed by atoms with Crippen LogP contribution in [0.15, 0.2) is 0 Å². The summed E-state index contributed by atoms with van der Waals surface area (Å²) < 4.78 is 27.2. The fraction of sp³-hybridized carbons (Fsp3) is 0.846. The molecule has 0 amide bonds. The van der Waals surface area contributed by atoms with Gasteiger partial charge in [0.1, 0.15) is 6.61 Å². The van der Waals surface area contributed by atoms with Crippen LogP contribution in [0, 0.1) is 12.3 Å². The molecule has 5 nitrogen and oxygen atoms in total. The Kier molecular flexibility index (Phi) is 18.2. The van der Waals surface area contributed by atoms with Crippen LogP contribution in [0.1, 0.15) is 0 Å². The van der Waals surface area contributed by atoms with E-state index >= 15 is 0 Å². The van der Waals surface area contributed by atoms with Gasteiger partial charge in [0.2, 0.25) is 0 Å². The van der Waals surface area contributed by atoms with E-state index in [2.05, 4.69) is 28.5 Å². The Hall–Kier alpha value is 0.0900. The fourth-order valence-electron chi connectivity index (χ4n) is 1.07. The molecule has 0 N–H and O–H groups in total. The smallest absolute Gasteiger partial charge is 0.107 e. The summed E-state index contributed by atoms with van der Waals surface area (Å²) in [4.78, 5) is 0. The Balaban J connectivity index is 2.90. The van der Waals surface area contributed by atoms with E-state index in [-0.39, 0.29) is 0 Å². The molecule has 0 spiro atoms. The van der Waals surface area contributed by atoms with Crippen LogP contribution in [0.25, 0.3) is 0 Å². The molecule has 0 atom stereocenters. The van der Waals surface area contributed by atoms with Crippen LogP contribution in [-0.2, 0) is 23.7 Å². The van der Waals surface area contributed by atoms with E-state index in [1.807, 2.05) is 0 Å². The average Bonchev–Trinajstić information content (AvgIpc) is 2.43. The lowest BCUT2D eigenvalue weighted by molar-refractivity contribution is -0.00797. The van der Waals surface area contributed by atoms with Gasteiger partial charge in [-0.05, 0) is 0 Å². The fourth-order valence-corrected chi connectivity index (χ4v) is 1.38. The molecule has 0 bridgehead atoms. The Morgan fingerprint density at radius 2 is 1.00 bits per heavy atom. The highest BCUT2D eigenvalue weighted by Gasteiger charge is 1.92. The molecule has 0 saturated carbocycles. The summed E-state index contributed by atoms with van der Waals surface area (Å²) in [6, 6.07) is 0. The topological polar surface area (TPSA) is 46.2 Å². The molecule has 0 rings (SSSR count). The van der Waals surface area contributed by atoms with Crippen molar-refractivity contribution in [1.29, 1.82) is 0 Å². The molecule has 0 unspecified atom stereocenters. The third kappa shape index (κ3) is 18.1. The second-order valence-corrected chi connectivity index (χ2v) is 4.47. The van der Waals surface area contributed by atoms with Gasteiger partial charge in [-0.25, -0.2) is 0 Å². The summed E-state index contributed by atoms with van der Waals surface area (Å²) in [6.45, 7) is 5.69. The van der Waals surface area contributed by atoms with Crippen molar-refractivity contribution in [3.63, 3.8) is 0 Å². The lowest BCUT2D eigenvalue weighted by Crippen LogP contribution is -2.13. The van der Waals surface area contributed by atoms with Crippen LogP contribution in [0.2, 0.25) is 0 Å². The number of ether oxygens (including phenoxy) is 5. The van der Waals surface area contributed by atoms with E-state index in [1.165, 1.54) is 0 Å². The minimum absolute atomic E-state index is 0.332. The minimum atomic E-state index is 0.332. The largest absolute Gasteiger partial charge is 0.378 e. The standard InChI is InChI=1S/C13H23IO5/c1-2-4-15-6-8-17-10-12-19-13-11-18-9-7-16-5-3-14/h1H,3-13H2. The Morgan fingerprint density at radius 3 is 1.37 bits per heavy atom. The summed E-state index contributed by atoms with van der Waals surface area (Å²) in [5.41, 5.74) is 0. The van der Waals surface area contributed by atoms with Crippen LogP contribution in [-0.4, -0.2) is 70.5 Å². The summed E-state index contributed by atoms with van der Waals surface area (Å²) in [7, 11) is 0. The van der Waals surface area contributed by atoms with Crippen LogP contribution in [0.5, 0.6) is 0 Å². The molecule has 0 aliphatic carbocycles. The van der Waals surface area contributed by atoms with Gasteiger partial charge >= 0.3 is 0 Å². The van der Waals surface area contributed by atoms with Gasteiger partial charge < -0.3 is 23.7 Å². The van der Waals surface area contributed by atoms with Crippen molar-refractivity contribution >= 4 is 22.6 Å². The van der Waals surface area contributed by atoms with Crippen molar-refractivity contribution in [1.82, 2.24) is 0 Å². The maximum absolute atomic E-state index is 5.32. The molecule has 0 aromatic rings. The van der Waals surface area contributed by atoms with Gasteiger partial charge in [-0.15, -0.1) is 6.42 Å². The molecular weight excluding hydrogens is 363 g/mol. The Bertz CT molecular complexity index is 208. The first-order chi connectivity index (χ1) is 9.41. The second-order valence-electron chi connectivity index (χ2n) is 3.40. The molecule has 0 aromatic heterocycles. The third-order valence-electron chi connectivity index (χ3n) is 1.89. The van der Waals surface area contributed by atoms with Gasteiger partial charge in [0.25, 0.3) is 0 Å². The Morgan fingerprint density at radius 1 is 0.632 bits per heavy atom. The highest BCUT2D eigenvalue weighted by Crippen LogP contribution is 1.85. The van der Waals surface area contributed by atoms with Crippen LogP contribution < -0.4 is 0 Å². The van der Waals surface area contributed by atoms with E-state index in [1.54, 1.807) is 0 Å². The zero-order chi connectivity index (χ0) is 14.0. The average molecular weight is 386 g/mol. The van der Waals surface area contributed by atoms with E-state index in [4.69, 9.17) is 30.1 Å². The van der Waals surface area contributed by atoms with E-state index in [0.717, 1.165) is 11.0 Å². The van der Waals surface area contributed by atoms with Crippen LogP contribution in [0.3, 0.4) is 0 Å². The zero-order valence-electron chi connectivity index (χ0n) is 11.3. The maximum Gasteiger partial charge on any atom is 0.107 e. The summed E-state index contributed by atoms with van der Waals surface area (Å²) in [5.74, 6) is 2.39. The van der Waals surface area contributed by atoms with Crippen molar-refractivity contribution in [3.05, 3.63) is 0 Å². The predicted molar refractivity (Wildman–Crippen MR) is 81.8 cm³/mol. The number of hydrogen-bond donors (Lipinski definition) is 0. The predicted octanol–water partition coefficient (Wildman–Crippen LogP) is 1.14. The van der Waals surface area contributed by atoms with Crippen molar-refractivity contribution in [3.8, 4) is 12.3 Å². The Labute approximate surface area is 129 Å². The molecule has 0 aromatic carbocycles. The monoisotopic (exact) mass is 386 g/mol. The molecule has 112 valence electrons. The van der Waals surface area contributed by atoms with Gasteiger partial charge in [-0.3, -0.25) is 0 Å². The molecule has 0 saturated heterocycles. The number of rotatable bonds is 15. The molecule has 0 fully saturated rings. The van der Waals surface area contributed by atoms with Crippen molar-refractivity contribution in [2.24, 2.45) is 0 Å². The summed E-state index contributed by atoms with van der Waals surface area (Å²) >= 11 is 2.27. The second kappa shape index (κ2) is 18.1. The van der Waals surface area contributed by atoms with E-state index in [9.17, 15) is 0 Å². The molecule has 0 aliphatic rings. The number of halogens is 1. The molecular formula is C13H23IO5. The van der Waals surface area contributed by atoms with Gasteiger partial charge in [0.05, 0.1) is 59.5 Å². The van der Waals surface area contributed by atoms with Gasteiger partial charge in [-0.1, -0.05) is 28.5 Å². The van der Waals surface area contributed by atoms with E-state index in [0.29, 0.717) is 59.5 Å². The van der Waals surface area contributed by atoms with E-state index < -0.39 is 0 Å². The van der Waals surface area contributed by atoms with Gasteiger partial charge in [0, 0.05) is 4.43 Å². The normalized spacial score (nSPS) is 10.5. The minimum Gasteiger partial charge on any atom is -0.378 e. The first-order valence-electron chi connectivity index (χ1n) is 6.30. The molecule has 0 heterocycles. The summed E-state index contributed by atoms with van der Waals surface area (Å²) in [5, 5.41) is 0. The molecule has 0 aliphatic heterocycles. The molecule has 0 radical (unpaired) electrons. The van der Waals surface area contributed by atoms with Crippen molar-refractivity contribution in [2.75, 3.05) is 70.5 Å². The SMILES string of the molecule is C#CCOCCOCCOCCOCCOCCI. The summed E-state index contributed by atoms with van der Waals surface area (Å²) in [6.07, 6.45) is 5.03. The first kappa shape index (κ1) is 19.1. The van der Waals surface area contributed by atoms with Gasteiger partial charge in [0.15, 0.2) is 0 Å². The third-order valence-corrected chi connectivity index (χ3v) is 2.34. The quantitative estimate of drug-likeness (QED) is 0.183. The lowest BCUT2D eigenvalue weighted by atomic mass is 10.7. The van der Waals surface area contributed by atoms with Gasteiger partial charge in [-0.2, -0.15) is 0 Å². The first-order valence-corrected chi connectivity index (χ1v) is 7.82.